The van der Waals surface area contributed by atoms with Crippen LogP contribution in [0.1, 0.15) is 38.5 Å². The summed E-state index contributed by atoms with van der Waals surface area (Å²) in [6.45, 7) is 0.913. The average molecular weight is 295 g/mol. The molecule has 0 bridgehead atoms. The van der Waals surface area contributed by atoms with Gasteiger partial charge in [-0.05, 0) is 31.6 Å². The van der Waals surface area contributed by atoms with Gasteiger partial charge in [0, 0.05) is 12.6 Å². The number of hydrogen-bond donors (Lipinski definition) is 1. The molecule has 3 rings (SSSR count). The number of amides is 1. The maximum Gasteiger partial charge on any atom is 0.233 e. The fourth-order valence-electron chi connectivity index (χ4n) is 3.48. The highest BCUT2D eigenvalue weighted by atomic mass is 32.2. The van der Waals surface area contributed by atoms with E-state index in [1.165, 1.54) is 54.9 Å². The number of hydrogen-bond acceptors (Lipinski definition) is 5. The van der Waals surface area contributed by atoms with E-state index in [9.17, 15) is 4.79 Å². The van der Waals surface area contributed by atoms with Crippen molar-refractivity contribution in [2.75, 3.05) is 18.1 Å². The van der Waals surface area contributed by atoms with E-state index < -0.39 is 0 Å². The Bertz CT molecular complexity index is 475. The number of rotatable bonds is 3. The lowest BCUT2D eigenvalue weighted by molar-refractivity contribution is -0.134. The van der Waals surface area contributed by atoms with Gasteiger partial charge < -0.3 is 10.7 Å². The molecule has 20 heavy (non-hydrogen) atoms. The highest BCUT2D eigenvalue weighted by Gasteiger charge is 2.35. The zero-order valence-corrected chi connectivity index (χ0v) is 12.4. The largest absolute Gasteiger partial charge is 0.339 e. The predicted octanol–water partition coefficient (Wildman–Crippen LogP) is 1.27. The first-order chi connectivity index (χ1) is 9.75. The average Bonchev–Trinajstić information content (AvgIpc) is 2.89. The van der Waals surface area contributed by atoms with Gasteiger partial charge in [0.1, 0.15) is 6.33 Å². The predicted molar refractivity (Wildman–Crippen MR) is 77.6 cm³/mol. The Morgan fingerprint density at radius 3 is 2.95 bits per heavy atom. The molecular weight excluding hydrogens is 274 g/mol. The number of fused-ring (bicyclic) bond motifs is 1. The van der Waals surface area contributed by atoms with Crippen LogP contribution in [0.4, 0.5) is 0 Å². The Balaban J connectivity index is 1.59. The minimum Gasteiger partial charge on any atom is -0.339 e. The van der Waals surface area contributed by atoms with Crippen molar-refractivity contribution in [1.82, 2.24) is 19.8 Å². The van der Waals surface area contributed by atoms with Crippen LogP contribution < -0.4 is 5.84 Å². The van der Waals surface area contributed by atoms with Crippen LogP contribution in [0.15, 0.2) is 11.5 Å². The van der Waals surface area contributed by atoms with Crippen molar-refractivity contribution in [3.05, 3.63) is 6.33 Å². The highest BCUT2D eigenvalue weighted by molar-refractivity contribution is 7.99. The Morgan fingerprint density at radius 2 is 2.15 bits per heavy atom. The summed E-state index contributed by atoms with van der Waals surface area (Å²) in [5, 5.41) is 8.21. The number of nitrogens with two attached hydrogens (primary N) is 1. The van der Waals surface area contributed by atoms with Crippen molar-refractivity contribution in [2.24, 2.45) is 5.92 Å². The van der Waals surface area contributed by atoms with Crippen LogP contribution in [0.2, 0.25) is 0 Å². The summed E-state index contributed by atoms with van der Waals surface area (Å²) in [4.78, 5) is 14.6. The molecule has 1 amide bonds. The number of carbonyl (C=O) groups excluding carboxylic acids is 1. The third-order valence-corrected chi connectivity index (χ3v) is 5.37. The molecule has 1 aliphatic heterocycles. The lowest BCUT2D eigenvalue weighted by atomic mass is 9.78. The molecule has 7 heteroatoms. The van der Waals surface area contributed by atoms with E-state index in [2.05, 4.69) is 15.1 Å². The second-order valence-electron chi connectivity index (χ2n) is 5.65. The quantitative estimate of drug-likeness (QED) is 0.671. The number of nitrogens with zero attached hydrogens (tertiary/aromatic N) is 4. The molecule has 0 spiro atoms. The summed E-state index contributed by atoms with van der Waals surface area (Å²) in [6.07, 6.45) is 8.94. The maximum atomic E-state index is 12.5. The summed E-state index contributed by atoms with van der Waals surface area (Å²) in [5.74, 6) is 7.00. The van der Waals surface area contributed by atoms with Crippen LogP contribution >= 0.6 is 11.8 Å². The summed E-state index contributed by atoms with van der Waals surface area (Å²) in [6, 6.07) is 0.473. The molecule has 1 aromatic heterocycles. The molecule has 2 atom stereocenters. The van der Waals surface area contributed by atoms with Crippen molar-refractivity contribution in [2.45, 2.75) is 49.7 Å². The molecule has 6 nitrogen and oxygen atoms in total. The van der Waals surface area contributed by atoms with E-state index >= 15 is 0 Å². The van der Waals surface area contributed by atoms with Gasteiger partial charge in [0.05, 0.1) is 5.75 Å². The van der Waals surface area contributed by atoms with Crippen LogP contribution in [0.3, 0.4) is 0 Å². The van der Waals surface area contributed by atoms with Gasteiger partial charge in [0.2, 0.25) is 11.1 Å². The Hall–Kier alpha value is -1.24. The zero-order chi connectivity index (χ0) is 13.9. The van der Waals surface area contributed by atoms with Crippen molar-refractivity contribution in [3.8, 4) is 0 Å². The lowest BCUT2D eigenvalue weighted by Gasteiger charge is -2.44. The van der Waals surface area contributed by atoms with Gasteiger partial charge in [0.15, 0.2) is 0 Å². The summed E-state index contributed by atoms with van der Waals surface area (Å²) in [5.41, 5.74) is 0. The van der Waals surface area contributed by atoms with Gasteiger partial charge >= 0.3 is 0 Å². The first kappa shape index (κ1) is 13.7. The molecule has 1 aliphatic carbocycles. The third-order valence-electron chi connectivity index (χ3n) is 4.43. The van der Waals surface area contributed by atoms with Gasteiger partial charge in [-0.15, -0.1) is 10.2 Å². The van der Waals surface area contributed by atoms with Crippen molar-refractivity contribution < 1.29 is 4.79 Å². The topological polar surface area (TPSA) is 77.0 Å². The molecule has 1 saturated carbocycles. The first-order valence-electron chi connectivity index (χ1n) is 7.33. The first-order valence-corrected chi connectivity index (χ1v) is 8.31. The summed E-state index contributed by atoms with van der Waals surface area (Å²) in [7, 11) is 0. The van der Waals surface area contributed by atoms with Gasteiger partial charge in [0.25, 0.3) is 0 Å². The molecule has 2 N–H and O–H groups in total. The van der Waals surface area contributed by atoms with Gasteiger partial charge in [-0.3, -0.25) is 4.79 Å². The molecule has 2 aliphatic rings. The van der Waals surface area contributed by atoms with Gasteiger partial charge in [-0.1, -0.05) is 24.6 Å². The van der Waals surface area contributed by atoms with Crippen LogP contribution in [0.25, 0.3) is 0 Å². The fraction of sp³-hybridized carbons (Fsp3) is 0.769. The number of nitrogen functional groups attached to an aromatic ring is 1. The summed E-state index contributed by atoms with van der Waals surface area (Å²) >= 11 is 1.37. The zero-order valence-electron chi connectivity index (χ0n) is 11.6. The van der Waals surface area contributed by atoms with Crippen molar-refractivity contribution in [1.29, 1.82) is 0 Å². The molecule has 0 aromatic carbocycles. The fourth-order valence-corrected chi connectivity index (χ4v) is 4.20. The van der Waals surface area contributed by atoms with Crippen LogP contribution in [-0.4, -0.2) is 44.0 Å². The van der Waals surface area contributed by atoms with Crippen LogP contribution in [0.5, 0.6) is 0 Å². The summed E-state index contributed by atoms with van der Waals surface area (Å²) < 4.78 is 1.36. The second-order valence-corrected chi connectivity index (χ2v) is 6.59. The molecule has 2 heterocycles. The Kier molecular flexibility index (Phi) is 4.14. The van der Waals surface area contributed by atoms with E-state index in [1.54, 1.807) is 0 Å². The number of carbonyl (C=O) groups is 1. The number of thioether (sulfide) groups is 1. The Labute approximate surface area is 123 Å². The number of aromatic nitrogens is 3. The second kappa shape index (κ2) is 6.03. The van der Waals surface area contributed by atoms with E-state index in [0.29, 0.717) is 17.0 Å². The molecule has 0 radical (unpaired) electrons. The number of likely N-dealkylation sites (tertiary alicyclic amines) is 1. The highest BCUT2D eigenvalue weighted by Crippen LogP contribution is 2.35. The minimum absolute atomic E-state index is 0.217. The van der Waals surface area contributed by atoms with Crippen molar-refractivity contribution >= 4 is 17.7 Å². The Morgan fingerprint density at radius 1 is 1.35 bits per heavy atom. The van der Waals surface area contributed by atoms with Crippen molar-refractivity contribution in [3.63, 3.8) is 0 Å². The van der Waals surface area contributed by atoms with Crippen LogP contribution in [-0.2, 0) is 4.79 Å². The SMILES string of the molecule is Nn1cnnc1SCC(=O)N1CCC[C@H]2CCCC[C@@H]21. The molecule has 2 fully saturated rings. The smallest absolute Gasteiger partial charge is 0.233 e. The van der Waals surface area contributed by atoms with E-state index in [1.807, 2.05) is 0 Å². The van der Waals surface area contributed by atoms with Gasteiger partial charge in [-0.25, -0.2) is 4.68 Å². The van der Waals surface area contributed by atoms with Crippen LogP contribution in [0, 0.1) is 5.92 Å². The normalized spacial score (nSPS) is 26.3. The maximum absolute atomic E-state index is 12.5. The monoisotopic (exact) mass is 295 g/mol. The van der Waals surface area contributed by atoms with E-state index in [0.717, 1.165) is 18.9 Å². The molecule has 110 valence electrons. The van der Waals surface area contributed by atoms with E-state index in [4.69, 9.17) is 5.84 Å². The lowest BCUT2D eigenvalue weighted by Crippen LogP contribution is -2.50. The number of piperidine rings is 1. The third kappa shape index (κ3) is 2.77. The van der Waals surface area contributed by atoms with E-state index in [-0.39, 0.29) is 5.91 Å². The molecule has 0 unspecified atom stereocenters. The molecule has 1 aromatic rings. The van der Waals surface area contributed by atoms with Gasteiger partial charge in [-0.2, -0.15) is 0 Å². The molecular formula is C13H21N5OS. The molecule has 1 saturated heterocycles. The minimum atomic E-state index is 0.217. The standard InChI is InChI=1S/C13H21N5OS/c14-18-9-15-16-13(18)20-8-12(19)17-7-3-5-10-4-1-2-6-11(10)17/h9-11H,1-8,14H2/t10-,11+/m1/s1.